The lowest BCUT2D eigenvalue weighted by Gasteiger charge is -2.09. The first kappa shape index (κ1) is 11.1. The van der Waals surface area contributed by atoms with E-state index in [9.17, 15) is 0 Å². The summed E-state index contributed by atoms with van der Waals surface area (Å²) in [5, 5.41) is 3.27. The van der Waals surface area contributed by atoms with Gasteiger partial charge in [-0.2, -0.15) is 0 Å². The topological polar surface area (TPSA) is 12.0 Å². The zero-order chi connectivity index (χ0) is 9.23. The molecule has 0 spiro atoms. The summed E-state index contributed by atoms with van der Waals surface area (Å²) in [4.78, 5) is 0. The second-order valence-corrected chi connectivity index (χ2v) is 2.64. The van der Waals surface area contributed by atoms with E-state index in [-0.39, 0.29) is 6.04 Å². The first-order valence-electron chi connectivity index (χ1n) is 4.44. The minimum absolute atomic E-state index is 0.230. The van der Waals surface area contributed by atoms with E-state index >= 15 is 0 Å². The van der Waals surface area contributed by atoms with Crippen LogP contribution in [0.2, 0.25) is 0 Å². The highest BCUT2D eigenvalue weighted by Gasteiger charge is 1.99. The maximum absolute atomic E-state index is 5.33. The second-order valence-electron chi connectivity index (χ2n) is 2.64. The van der Waals surface area contributed by atoms with Crippen molar-refractivity contribution in [1.29, 1.82) is 0 Å². The smallest absolute Gasteiger partial charge is 0.0687 e. The van der Waals surface area contributed by atoms with Gasteiger partial charge in [0.1, 0.15) is 0 Å². The summed E-state index contributed by atoms with van der Waals surface area (Å²) in [5.41, 5.74) is 0. The van der Waals surface area contributed by atoms with Gasteiger partial charge in [-0.25, -0.2) is 0 Å². The van der Waals surface area contributed by atoms with Gasteiger partial charge in [-0.3, -0.25) is 0 Å². The van der Waals surface area contributed by atoms with E-state index < -0.39 is 0 Å². The van der Waals surface area contributed by atoms with Gasteiger partial charge in [0.05, 0.1) is 6.04 Å². The van der Waals surface area contributed by atoms with Crippen LogP contribution in [-0.2, 0) is 0 Å². The molecule has 12 heavy (non-hydrogen) atoms. The van der Waals surface area contributed by atoms with Crippen molar-refractivity contribution in [1.82, 2.24) is 5.32 Å². The summed E-state index contributed by atoms with van der Waals surface area (Å²) < 4.78 is 0. The molecule has 66 valence electrons. The molecule has 1 atom stereocenters. The number of hydrogen-bond donors (Lipinski definition) is 1. The molecular formula is C11H17N. The molecule has 0 amide bonds. The van der Waals surface area contributed by atoms with Gasteiger partial charge in [-0.15, -0.1) is 18.3 Å². The second kappa shape index (κ2) is 8.18. The molecular weight excluding hydrogens is 146 g/mol. The Balaban J connectivity index is 3.44. The van der Waals surface area contributed by atoms with E-state index in [2.05, 4.69) is 30.0 Å². The molecule has 0 bridgehead atoms. The molecule has 0 aromatic heterocycles. The van der Waals surface area contributed by atoms with Crippen molar-refractivity contribution in [2.75, 3.05) is 6.54 Å². The van der Waals surface area contributed by atoms with Crippen molar-refractivity contribution in [3.05, 3.63) is 0 Å². The summed E-state index contributed by atoms with van der Waals surface area (Å²) >= 11 is 0. The third kappa shape index (κ3) is 5.83. The van der Waals surface area contributed by atoms with E-state index in [0.717, 1.165) is 25.8 Å². The van der Waals surface area contributed by atoms with Crippen LogP contribution in [0, 0.1) is 24.2 Å². The standard InChI is InChI=1S/C11H17N/c1-4-7-8-10-12-11(6-3)9-5-2/h3,11-12H,5,8-10H2,1-2H3. The Labute approximate surface area is 75.9 Å². The Kier molecular flexibility index (Phi) is 7.55. The third-order valence-electron chi connectivity index (χ3n) is 1.60. The zero-order valence-corrected chi connectivity index (χ0v) is 7.98. The quantitative estimate of drug-likeness (QED) is 0.481. The van der Waals surface area contributed by atoms with Crippen LogP contribution in [0.5, 0.6) is 0 Å². The zero-order valence-electron chi connectivity index (χ0n) is 7.98. The summed E-state index contributed by atoms with van der Waals surface area (Å²) in [6.07, 6.45) is 8.39. The molecule has 0 aliphatic carbocycles. The Hall–Kier alpha value is -0.920. The lowest BCUT2D eigenvalue weighted by molar-refractivity contribution is 0.571. The average molecular weight is 163 g/mol. The van der Waals surface area contributed by atoms with Crippen LogP contribution < -0.4 is 5.32 Å². The molecule has 0 fully saturated rings. The van der Waals surface area contributed by atoms with E-state index in [1.807, 2.05) is 6.92 Å². The minimum atomic E-state index is 0.230. The van der Waals surface area contributed by atoms with Crippen LogP contribution in [-0.4, -0.2) is 12.6 Å². The lowest BCUT2D eigenvalue weighted by atomic mass is 10.2. The highest BCUT2D eigenvalue weighted by Crippen LogP contribution is 1.94. The van der Waals surface area contributed by atoms with Gasteiger partial charge in [-0.1, -0.05) is 19.3 Å². The first-order chi connectivity index (χ1) is 5.85. The monoisotopic (exact) mass is 163 g/mol. The molecule has 0 aliphatic heterocycles. The predicted octanol–water partition coefficient (Wildman–Crippen LogP) is 1.79. The maximum Gasteiger partial charge on any atom is 0.0687 e. The molecule has 0 radical (unpaired) electrons. The van der Waals surface area contributed by atoms with Crippen LogP contribution in [0.25, 0.3) is 0 Å². The van der Waals surface area contributed by atoms with Gasteiger partial charge < -0.3 is 5.32 Å². The molecule has 0 rings (SSSR count). The van der Waals surface area contributed by atoms with E-state index in [1.165, 1.54) is 0 Å². The Bertz CT molecular complexity index is 189. The molecule has 1 N–H and O–H groups in total. The summed E-state index contributed by atoms with van der Waals surface area (Å²) in [6.45, 7) is 4.89. The van der Waals surface area contributed by atoms with Crippen molar-refractivity contribution in [2.45, 2.75) is 39.2 Å². The maximum atomic E-state index is 5.33. The van der Waals surface area contributed by atoms with Gasteiger partial charge in [-0.05, 0) is 13.3 Å². The summed E-state index contributed by atoms with van der Waals surface area (Å²) in [7, 11) is 0. The Morgan fingerprint density at radius 2 is 2.25 bits per heavy atom. The summed E-state index contributed by atoms with van der Waals surface area (Å²) in [5.74, 6) is 8.56. The van der Waals surface area contributed by atoms with Gasteiger partial charge in [0, 0.05) is 13.0 Å². The lowest BCUT2D eigenvalue weighted by Crippen LogP contribution is -2.28. The van der Waals surface area contributed by atoms with E-state index in [1.54, 1.807) is 0 Å². The van der Waals surface area contributed by atoms with Crippen molar-refractivity contribution >= 4 is 0 Å². The van der Waals surface area contributed by atoms with Crippen LogP contribution >= 0.6 is 0 Å². The molecule has 1 nitrogen and oxygen atoms in total. The molecule has 0 saturated heterocycles. The third-order valence-corrected chi connectivity index (χ3v) is 1.60. The predicted molar refractivity (Wildman–Crippen MR) is 53.6 cm³/mol. The molecule has 1 heteroatoms. The number of terminal acetylenes is 1. The fourth-order valence-corrected chi connectivity index (χ4v) is 0.967. The van der Waals surface area contributed by atoms with Gasteiger partial charge in [0.25, 0.3) is 0 Å². The van der Waals surface area contributed by atoms with Crippen LogP contribution in [0.3, 0.4) is 0 Å². The summed E-state index contributed by atoms with van der Waals surface area (Å²) in [6, 6.07) is 0.230. The van der Waals surface area contributed by atoms with Crippen molar-refractivity contribution < 1.29 is 0 Å². The van der Waals surface area contributed by atoms with Crippen LogP contribution in [0.1, 0.15) is 33.1 Å². The molecule has 0 aliphatic rings. The Morgan fingerprint density at radius 1 is 1.50 bits per heavy atom. The number of rotatable bonds is 5. The molecule has 0 aromatic carbocycles. The van der Waals surface area contributed by atoms with Gasteiger partial charge >= 0.3 is 0 Å². The minimum Gasteiger partial charge on any atom is -0.303 e. The SMILES string of the molecule is C#CC(CCC)NCCC#CC. The highest BCUT2D eigenvalue weighted by atomic mass is 14.9. The van der Waals surface area contributed by atoms with E-state index in [4.69, 9.17) is 6.42 Å². The largest absolute Gasteiger partial charge is 0.303 e. The van der Waals surface area contributed by atoms with Gasteiger partial charge in [0.2, 0.25) is 0 Å². The van der Waals surface area contributed by atoms with Crippen molar-refractivity contribution in [2.24, 2.45) is 0 Å². The van der Waals surface area contributed by atoms with Crippen LogP contribution in [0.4, 0.5) is 0 Å². The van der Waals surface area contributed by atoms with Gasteiger partial charge in [0.15, 0.2) is 0 Å². The molecule has 1 unspecified atom stereocenters. The number of nitrogens with one attached hydrogen (secondary N) is 1. The normalized spacial score (nSPS) is 11.1. The average Bonchev–Trinajstić information content (AvgIpc) is 2.10. The molecule has 0 saturated carbocycles. The van der Waals surface area contributed by atoms with Crippen LogP contribution in [0.15, 0.2) is 0 Å². The van der Waals surface area contributed by atoms with Crippen molar-refractivity contribution in [3.63, 3.8) is 0 Å². The Morgan fingerprint density at radius 3 is 2.75 bits per heavy atom. The van der Waals surface area contributed by atoms with Crippen molar-refractivity contribution in [3.8, 4) is 24.2 Å². The molecule has 0 heterocycles. The molecule has 0 aromatic rings. The van der Waals surface area contributed by atoms with E-state index in [0.29, 0.717) is 0 Å². The fraction of sp³-hybridized carbons (Fsp3) is 0.636. The number of hydrogen-bond acceptors (Lipinski definition) is 1. The fourth-order valence-electron chi connectivity index (χ4n) is 0.967. The highest BCUT2D eigenvalue weighted by molar-refractivity contribution is 5.00. The first-order valence-corrected chi connectivity index (χ1v) is 4.44.